The van der Waals surface area contributed by atoms with E-state index in [1.807, 2.05) is 0 Å². The van der Waals surface area contributed by atoms with E-state index in [9.17, 15) is 22.8 Å². The quantitative estimate of drug-likeness (QED) is 0.666. The minimum Gasteiger partial charge on any atom is -0.326 e. The summed E-state index contributed by atoms with van der Waals surface area (Å²) in [6.45, 7) is 0. The Morgan fingerprint density at radius 2 is 2.07 bits per heavy atom. The fraction of sp³-hybridized carbons (Fsp3) is 0.250. The van der Waals surface area contributed by atoms with Gasteiger partial charge < -0.3 is 5.32 Å². The second-order valence-corrected chi connectivity index (χ2v) is 6.98. The predicted octanol–water partition coefficient (Wildman–Crippen LogP) is 2.81. The molecular formula is C16H12F3N5O2S. The number of alkyl halides is 3. The first-order chi connectivity index (χ1) is 12.8. The SMILES string of the molecule is O=C(CC1CSc2nc3[nH]ncc3c(=O)n21)Nc1ccc(C(F)(F)F)cc1. The molecule has 0 aliphatic carbocycles. The number of benzene rings is 1. The van der Waals surface area contributed by atoms with Crippen molar-refractivity contribution in [3.8, 4) is 0 Å². The molecule has 0 fully saturated rings. The van der Waals surface area contributed by atoms with Crippen LogP contribution in [0.25, 0.3) is 11.0 Å². The lowest BCUT2D eigenvalue weighted by molar-refractivity contribution is -0.137. The first-order valence-electron chi connectivity index (χ1n) is 7.88. The van der Waals surface area contributed by atoms with Gasteiger partial charge >= 0.3 is 6.18 Å². The molecule has 7 nitrogen and oxygen atoms in total. The Kier molecular flexibility index (Phi) is 4.17. The summed E-state index contributed by atoms with van der Waals surface area (Å²) in [5, 5.41) is 9.85. The Labute approximate surface area is 154 Å². The lowest BCUT2D eigenvalue weighted by atomic mass is 10.2. The number of carbonyl (C=O) groups excluding carboxylic acids is 1. The zero-order chi connectivity index (χ0) is 19.2. The molecule has 1 aromatic carbocycles. The molecule has 1 amide bonds. The van der Waals surface area contributed by atoms with Crippen molar-refractivity contribution >= 4 is 34.4 Å². The summed E-state index contributed by atoms with van der Waals surface area (Å²) in [4.78, 5) is 29.2. The van der Waals surface area contributed by atoms with Crippen LogP contribution in [0.1, 0.15) is 18.0 Å². The number of carbonyl (C=O) groups is 1. The van der Waals surface area contributed by atoms with Crippen LogP contribution in [-0.4, -0.2) is 31.4 Å². The number of thioether (sulfide) groups is 1. The Bertz CT molecular complexity index is 1070. The Balaban J connectivity index is 1.50. The zero-order valence-corrected chi connectivity index (χ0v) is 14.4. The van der Waals surface area contributed by atoms with E-state index in [1.54, 1.807) is 0 Å². The lowest BCUT2D eigenvalue weighted by Crippen LogP contribution is -2.27. The van der Waals surface area contributed by atoms with Gasteiger partial charge in [0.2, 0.25) is 5.91 Å². The van der Waals surface area contributed by atoms with E-state index in [0.717, 1.165) is 12.1 Å². The molecule has 1 aliphatic heterocycles. The van der Waals surface area contributed by atoms with Crippen LogP contribution < -0.4 is 10.9 Å². The largest absolute Gasteiger partial charge is 0.416 e. The summed E-state index contributed by atoms with van der Waals surface area (Å²) in [7, 11) is 0. The first kappa shape index (κ1) is 17.6. The zero-order valence-electron chi connectivity index (χ0n) is 13.6. The average Bonchev–Trinajstić information content (AvgIpc) is 3.22. The van der Waals surface area contributed by atoms with Gasteiger partial charge in [-0.1, -0.05) is 11.8 Å². The maximum absolute atomic E-state index is 12.6. The van der Waals surface area contributed by atoms with Crippen LogP contribution >= 0.6 is 11.8 Å². The number of halogens is 3. The van der Waals surface area contributed by atoms with E-state index in [4.69, 9.17) is 0 Å². The fourth-order valence-corrected chi connectivity index (χ4v) is 4.01. The molecule has 0 spiro atoms. The van der Waals surface area contributed by atoms with Crippen LogP contribution in [0, 0.1) is 0 Å². The van der Waals surface area contributed by atoms with Gasteiger partial charge in [-0.15, -0.1) is 0 Å². The van der Waals surface area contributed by atoms with Crippen LogP contribution in [0.15, 0.2) is 40.4 Å². The molecule has 0 saturated heterocycles. The summed E-state index contributed by atoms with van der Waals surface area (Å²) in [5.41, 5.74) is -0.410. The van der Waals surface area contributed by atoms with Gasteiger partial charge in [0.15, 0.2) is 10.8 Å². The third-order valence-electron chi connectivity index (χ3n) is 4.17. The normalized spacial score (nSPS) is 16.5. The third-order valence-corrected chi connectivity index (χ3v) is 5.27. The maximum Gasteiger partial charge on any atom is 0.416 e. The number of anilines is 1. The molecule has 3 aromatic rings. The number of rotatable bonds is 3. The van der Waals surface area contributed by atoms with E-state index in [1.165, 1.54) is 34.7 Å². The number of aromatic amines is 1. The van der Waals surface area contributed by atoms with Crippen molar-refractivity contribution in [1.29, 1.82) is 0 Å². The second-order valence-electron chi connectivity index (χ2n) is 5.99. The average molecular weight is 395 g/mol. The Morgan fingerprint density at radius 3 is 2.78 bits per heavy atom. The third kappa shape index (κ3) is 3.29. The predicted molar refractivity (Wildman–Crippen MR) is 92.6 cm³/mol. The smallest absolute Gasteiger partial charge is 0.326 e. The number of H-pyrrole nitrogens is 1. The van der Waals surface area contributed by atoms with Crippen LogP contribution in [0.2, 0.25) is 0 Å². The molecule has 3 heterocycles. The Morgan fingerprint density at radius 1 is 1.33 bits per heavy atom. The molecule has 2 N–H and O–H groups in total. The van der Waals surface area contributed by atoms with Crippen molar-refractivity contribution < 1.29 is 18.0 Å². The van der Waals surface area contributed by atoms with E-state index in [0.29, 0.717) is 21.9 Å². The number of nitrogens with zero attached hydrogens (tertiary/aromatic N) is 3. The van der Waals surface area contributed by atoms with Crippen LogP contribution in [0.5, 0.6) is 0 Å². The number of nitrogens with one attached hydrogen (secondary N) is 2. The van der Waals surface area contributed by atoms with Crippen molar-refractivity contribution in [2.75, 3.05) is 11.1 Å². The molecule has 0 saturated carbocycles. The molecule has 4 rings (SSSR count). The highest BCUT2D eigenvalue weighted by Gasteiger charge is 2.31. The minimum atomic E-state index is -4.43. The van der Waals surface area contributed by atoms with Gasteiger partial charge in [0.05, 0.1) is 17.8 Å². The van der Waals surface area contributed by atoms with Crippen LogP contribution in [0.3, 0.4) is 0 Å². The van der Waals surface area contributed by atoms with Gasteiger partial charge in [-0.3, -0.25) is 19.3 Å². The molecule has 1 atom stereocenters. The first-order valence-corrected chi connectivity index (χ1v) is 8.87. The molecule has 11 heteroatoms. The molecule has 0 radical (unpaired) electrons. The molecule has 0 bridgehead atoms. The van der Waals surface area contributed by atoms with Gasteiger partial charge in [0.1, 0.15) is 5.39 Å². The van der Waals surface area contributed by atoms with E-state index >= 15 is 0 Å². The molecule has 140 valence electrons. The van der Waals surface area contributed by atoms with Crippen LogP contribution in [0.4, 0.5) is 18.9 Å². The summed E-state index contributed by atoms with van der Waals surface area (Å²) in [5.74, 6) is 0.107. The Hall–Kier alpha value is -2.82. The highest BCUT2D eigenvalue weighted by molar-refractivity contribution is 7.99. The topological polar surface area (TPSA) is 92.7 Å². The molecule has 2 aromatic heterocycles. The lowest BCUT2D eigenvalue weighted by Gasteiger charge is -2.13. The molecule has 27 heavy (non-hydrogen) atoms. The molecular weight excluding hydrogens is 383 g/mol. The summed E-state index contributed by atoms with van der Waals surface area (Å²) >= 11 is 1.36. The number of fused-ring (bicyclic) bond motifs is 2. The van der Waals surface area contributed by atoms with Crippen molar-refractivity contribution in [2.45, 2.75) is 23.8 Å². The second kappa shape index (κ2) is 6.41. The van der Waals surface area contributed by atoms with Crippen LogP contribution in [-0.2, 0) is 11.0 Å². The van der Waals surface area contributed by atoms with Gasteiger partial charge in [-0.05, 0) is 24.3 Å². The summed E-state index contributed by atoms with van der Waals surface area (Å²) in [6.07, 6.45) is -3.04. The van der Waals surface area contributed by atoms with E-state index in [2.05, 4.69) is 20.5 Å². The highest BCUT2D eigenvalue weighted by Crippen LogP contribution is 2.33. The van der Waals surface area contributed by atoms with Gasteiger partial charge in [-0.25, -0.2) is 4.98 Å². The number of hydrogen-bond acceptors (Lipinski definition) is 5. The van der Waals surface area contributed by atoms with E-state index in [-0.39, 0.29) is 17.7 Å². The highest BCUT2D eigenvalue weighted by atomic mass is 32.2. The van der Waals surface area contributed by atoms with Gasteiger partial charge in [-0.2, -0.15) is 18.3 Å². The monoisotopic (exact) mass is 395 g/mol. The van der Waals surface area contributed by atoms with Crippen molar-refractivity contribution in [2.24, 2.45) is 0 Å². The minimum absolute atomic E-state index is 0.00592. The summed E-state index contributed by atoms with van der Waals surface area (Å²) in [6, 6.07) is 3.81. The van der Waals surface area contributed by atoms with Gasteiger partial charge in [0.25, 0.3) is 5.56 Å². The van der Waals surface area contributed by atoms with Crippen molar-refractivity contribution in [3.05, 3.63) is 46.4 Å². The standard InChI is InChI=1S/C16H12F3N5O2S/c17-16(18,19)8-1-3-9(4-2-8)21-12(25)5-10-7-27-15-22-13-11(6-20-23-13)14(26)24(10)15/h1-4,6,10H,5,7H2,(H,20,23)(H,21,25). The number of hydrogen-bond donors (Lipinski definition) is 2. The fourth-order valence-electron chi connectivity index (χ4n) is 2.88. The number of aromatic nitrogens is 4. The van der Waals surface area contributed by atoms with Crippen molar-refractivity contribution in [1.82, 2.24) is 19.7 Å². The maximum atomic E-state index is 12.6. The number of amides is 1. The molecule has 1 aliphatic rings. The van der Waals surface area contributed by atoms with E-state index < -0.39 is 23.7 Å². The summed E-state index contributed by atoms with van der Waals surface area (Å²) < 4.78 is 39.2. The van der Waals surface area contributed by atoms with Gasteiger partial charge in [0, 0.05) is 17.9 Å². The molecule has 1 unspecified atom stereocenters. The van der Waals surface area contributed by atoms with Crippen molar-refractivity contribution in [3.63, 3.8) is 0 Å².